The lowest BCUT2D eigenvalue weighted by Crippen LogP contribution is -1.93. The minimum Gasteiger partial charge on any atom is -0.288 e. The molecular formula is C14H9NOS. The molecule has 1 aliphatic rings. The maximum absolute atomic E-state index is 12.1. The molecule has 0 atom stereocenters. The topological polar surface area (TPSA) is 30.0 Å². The highest BCUT2D eigenvalue weighted by atomic mass is 32.2. The summed E-state index contributed by atoms with van der Waals surface area (Å²) in [5, 5.41) is 0. The van der Waals surface area contributed by atoms with Crippen LogP contribution in [0, 0.1) is 0 Å². The van der Waals surface area contributed by atoms with Gasteiger partial charge in [-0.2, -0.15) is 0 Å². The number of hydrogen-bond acceptors (Lipinski definition) is 3. The van der Waals surface area contributed by atoms with Crippen molar-refractivity contribution in [3.05, 3.63) is 64.8 Å². The van der Waals surface area contributed by atoms with Gasteiger partial charge in [0.1, 0.15) is 0 Å². The molecule has 0 spiro atoms. The average molecular weight is 239 g/mol. The van der Waals surface area contributed by atoms with Gasteiger partial charge in [0.15, 0.2) is 0 Å². The predicted molar refractivity (Wildman–Crippen MR) is 68.8 cm³/mol. The number of aromatic nitrogens is 1. The van der Waals surface area contributed by atoms with Crippen molar-refractivity contribution in [3.8, 4) is 0 Å². The van der Waals surface area contributed by atoms with Gasteiger partial charge < -0.3 is 0 Å². The summed E-state index contributed by atoms with van der Waals surface area (Å²) < 4.78 is 0. The molecule has 0 amide bonds. The van der Waals surface area contributed by atoms with Crippen LogP contribution in [0.4, 0.5) is 0 Å². The normalized spacial score (nSPS) is 16.2. The van der Waals surface area contributed by atoms with E-state index < -0.39 is 0 Å². The Bertz CT molecular complexity index is 605. The van der Waals surface area contributed by atoms with Crippen LogP contribution in [0.15, 0.2) is 58.5 Å². The molecule has 0 aliphatic carbocycles. The fourth-order valence-corrected chi connectivity index (χ4v) is 2.77. The zero-order valence-corrected chi connectivity index (χ0v) is 9.78. The third-order valence-corrected chi connectivity index (χ3v) is 3.64. The molecular weight excluding hydrogens is 230 g/mol. The predicted octanol–water partition coefficient (Wildman–Crippen LogP) is 3.41. The molecule has 0 bridgehead atoms. The van der Waals surface area contributed by atoms with Gasteiger partial charge in [-0.3, -0.25) is 9.78 Å². The van der Waals surface area contributed by atoms with E-state index in [1.807, 2.05) is 48.5 Å². The van der Waals surface area contributed by atoms with Crippen LogP contribution in [-0.2, 0) is 0 Å². The van der Waals surface area contributed by atoms with Gasteiger partial charge in [-0.05, 0) is 30.3 Å². The fraction of sp³-hybridized carbons (Fsp3) is 0. The first-order chi connectivity index (χ1) is 8.34. The Balaban J connectivity index is 2.00. The molecule has 0 fully saturated rings. The van der Waals surface area contributed by atoms with Gasteiger partial charge in [0.25, 0.3) is 0 Å². The van der Waals surface area contributed by atoms with Gasteiger partial charge in [-0.25, -0.2) is 0 Å². The van der Waals surface area contributed by atoms with Crippen LogP contribution in [0.25, 0.3) is 6.08 Å². The maximum Gasteiger partial charge on any atom is 0.200 e. The van der Waals surface area contributed by atoms with Crippen LogP contribution in [0.3, 0.4) is 0 Å². The smallest absolute Gasteiger partial charge is 0.200 e. The van der Waals surface area contributed by atoms with Crippen molar-refractivity contribution in [3.63, 3.8) is 0 Å². The first-order valence-corrected chi connectivity index (χ1v) is 6.10. The van der Waals surface area contributed by atoms with E-state index in [-0.39, 0.29) is 5.78 Å². The molecule has 0 N–H and O–H groups in total. The number of pyridine rings is 1. The second kappa shape index (κ2) is 4.18. The summed E-state index contributed by atoms with van der Waals surface area (Å²) in [5.41, 5.74) is 1.61. The van der Waals surface area contributed by atoms with Gasteiger partial charge >= 0.3 is 0 Å². The molecule has 2 heterocycles. The van der Waals surface area contributed by atoms with Crippen LogP contribution in [0.5, 0.6) is 0 Å². The van der Waals surface area contributed by atoms with E-state index in [9.17, 15) is 4.79 Å². The van der Waals surface area contributed by atoms with Crippen molar-refractivity contribution in [2.24, 2.45) is 0 Å². The number of nitrogens with zero attached hydrogens (tertiary/aromatic N) is 1. The second-order valence-electron chi connectivity index (χ2n) is 3.69. The highest BCUT2D eigenvalue weighted by Gasteiger charge is 2.25. The number of carbonyl (C=O) groups excluding carboxylic acids is 1. The number of ketones is 1. The molecule has 1 aliphatic heterocycles. The van der Waals surface area contributed by atoms with Gasteiger partial charge in [0, 0.05) is 16.7 Å². The monoisotopic (exact) mass is 239 g/mol. The molecule has 2 nitrogen and oxygen atoms in total. The van der Waals surface area contributed by atoms with E-state index in [2.05, 4.69) is 4.98 Å². The number of carbonyl (C=O) groups is 1. The van der Waals surface area contributed by atoms with Gasteiger partial charge in [0.05, 0.1) is 10.6 Å². The Morgan fingerprint density at radius 3 is 2.65 bits per heavy atom. The quantitative estimate of drug-likeness (QED) is 0.714. The highest BCUT2D eigenvalue weighted by molar-refractivity contribution is 8.04. The van der Waals surface area contributed by atoms with Crippen molar-refractivity contribution in [2.45, 2.75) is 4.90 Å². The van der Waals surface area contributed by atoms with Gasteiger partial charge in [-0.1, -0.05) is 30.0 Å². The summed E-state index contributed by atoms with van der Waals surface area (Å²) in [5.74, 6) is 0.0938. The minimum absolute atomic E-state index is 0.0938. The summed E-state index contributed by atoms with van der Waals surface area (Å²) in [6, 6.07) is 13.3. The van der Waals surface area contributed by atoms with Crippen molar-refractivity contribution in [2.75, 3.05) is 0 Å². The summed E-state index contributed by atoms with van der Waals surface area (Å²) in [6.45, 7) is 0. The highest BCUT2D eigenvalue weighted by Crippen LogP contribution is 2.40. The molecule has 82 valence electrons. The Kier molecular flexibility index (Phi) is 2.53. The van der Waals surface area contributed by atoms with E-state index in [0.717, 1.165) is 21.1 Å². The lowest BCUT2D eigenvalue weighted by molar-refractivity contribution is 0.104. The van der Waals surface area contributed by atoms with Crippen molar-refractivity contribution in [1.82, 2.24) is 4.98 Å². The summed E-state index contributed by atoms with van der Waals surface area (Å²) in [6.07, 6.45) is 3.57. The first-order valence-electron chi connectivity index (χ1n) is 5.29. The number of allylic oxidation sites excluding steroid dienone is 1. The Labute approximate surface area is 103 Å². The Morgan fingerprint density at radius 2 is 1.88 bits per heavy atom. The van der Waals surface area contributed by atoms with E-state index in [1.54, 1.807) is 6.20 Å². The van der Waals surface area contributed by atoms with Gasteiger partial charge in [-0.15, -0.1) is 0 Å². The summed E-state index contributed by atoms with van der Waals surface area (Å²) in [4.78, 5) is 18.0. The molecule has 0 radical (unpaired) electrons. The molecule has 0 unspecified atom stereocenters. The minimum atomic E-state index is 0.0938. The largest absolute Gasteiger partial charge is 0.288 e. The average Bonchev–Trinajstić information content (AvgIpc) is 2.68. The standard InChI is InChI=1S/C14H9NOS/c16-14-11-6-1-2-7-12(11)17-13(14)9-10-5-3-4-8-15-10/h1-9H/b13-9-. The fourth-order valence-electron chi connectivity index (χ4n) is 1.73. The van der Waals surface area contributed by atoms with Gasteiger partial charge in [0.2, 0.25) is 5.78 Å². The maximum atomic E-state index is 12.1. The summed E-state index contributed by atoms with van der Waals surface area (Å²) >= 11 is 1.51. The number of fused-ring (bicyclic) bond motifs is 1. The lowest BCUT2D eigenvalue weighted by Gasteiger charge is -1.94. The van der Waals surface area contributed by atoms with E-state index in [1.165, 1.54) is 11.8 Å². The second-order valence-corrected chi connectivity index (χ2v) is 4.77. The van der Waals surface area contributed by atoms with Crippen molar-refractivity contribution >= 4 is 23.6 Å². The molecule has 0 saturated heterocycles. The van der Waals surface area contributed by atoms with Crippen molar-refractivity contribution < 1.29 is 4.79 Å². The zero-order chi connectivity index (χ0) is 11.7. The molecule has 0 saturated carbocycles. The van der Waals surface area contributed by atoms with Crippen molar-refractivity contribution in [1.29, 1.82) is 0 Å². The summed E-state index contributed by atoms with van der Waals surface area (Å²) in [7, 11) is 0. The Morgan fingerprint density at radius 1 is 1.06 bits per heavy atom. The van der Waals surface area contributed by atoms with Crippen LogP contribution in [0.1, 0.15) is 16.1 Å². The first kappa shape index (κ1) is 10.3. The van der Waals surface area contributed by atoms with E-state index >= 15 is 0 Å². The molecule has 3 heteroatoms. The SMILES string of the molecule is O=C1/C(=C/c2ccccn2)Sc2ccccc21. The molecule has 1 aromatic heterocycles. The number of benzene rings is 1. The van der Waals surface area contributed by atoms with Crippen LogP contribution in [-0.4, -0.2) is 10.8 Å². The van der Waals surface area contributed by atoms with Crippen LogP contribution >= 0.6 is 11.8 Å². The third-order valence-electron chi connectivity index (χ3n) is 2.54. The lowest BCUT2D eigenvalue weighted by atomic mass is 10.1. The molecule has 3 rings (SSSR count). The number of thioether (sulfide) groups is 1. The molecule has 1 aromatic carbocycles. The van der Waals surface area contributed by atoms with E-state index in [4.69, 9.17) is 0 Å². The van der Waals surface area contributed by atoms with Crippen LogP contribution < -0.4 is 0 Å². The number of rotatable bonds is 1. The molecule has 2 aromatic rings. The Hall–Kier alpha value is -1.87. The van der Waals surface area contributed by atoms with Crippen LogP contribution in [0.2, 0.25) is 0 Å². The zero-order valence-electron chi connectivity index (χ0n) is 8.96. The third kappa shape index (κ3) is 1.89. The van der Waals surface area contributed by atoms with E-state index in [0.29, 0.717) is 0 Å². The number of Topliss-reactive ketones (excluding diaryl/α,β-unsaturated/α-hetero) is 1. The molecule has 17 heavy (non-hydrogen) atoms. The number of hydrogen-bond donors (Lipinski definition) is 0.